The van der Waals surface area contributed by atoms with Crippen molar-refractivity contribution >= 4 is 15.0 Å². The van der Waals surface area contributed by atoms with Crippen molar-refractivity contribution < 1.29 is 12.8 Å². The number of hydrogen-bond acceptors (Lipinski definition) is 4. The van der Waals surface area contributed by atoms with Crippen molar-refractivity contribution in [2.45, 2.75) is 26.1 Å². The van der Waals surface area contributed by atoms with Crippen molar-refractivity contribution in [3.63, 3.8) is 0 Å². The maximum absolute atomic E-state index is 12.6. The van der Waals surface area contributed by atoms with Crippen LogP contribution >= 0.6 is 0 Å². The molecule has 0 saturated carbocycles. The summed E-state index contributed by atoms with van der Waals surface area (Å²) in [6, 6.07) is -0.673. The van der Waals surface area contributed by atoms with Gasteiger partial charge in [0.05, 0.1) is 6.04 Å². The van der Waals surface area contributed by atoms with Crippen molar-refractivity contribution in [3.8, 4) is 0 Å². The molecule has 0 aliphatic rings. The van der Waals surface area contributed by atoms with E-state index in [0.29, 0.717) is 0 Å². The predicted octanol–water partition coefficient (Wildman–Crippen LogP) is 1.22. The van der Waals surface area contributed by atoms with Gasteiger partial charge in [0.25, 0.3) is 5.17 Å². The first kappa shape index (κ1) is 13.2. The third-order valence-corrected chi connectivity index (χ3v) is 2.44. The maximum atomic E-state index is 12.6. The Balaban J connectivity index is 4.67. The van der Waals surface area contributed by atoms with E-state index in [0.717, 1.165) is 6.26 Å². The van der Waals surface area contributed by atoms with Gasteiger partial charge in [0.2, 0.25) is 9.84 Å². The van der Waals surface area contributed by atoms with Crippen molar-refractivity contribution in [1.29, 1.82) is 0 Å². The van der Waals surface area contributed by atoms with Gasteiger partial charge in [-0.2, -0.15) is 5.11 Å². The summed E-state index contributed by atoms with van der Waals surface area (Å²) in [5, 5.41) is 6.50. The van der Waals surface area contributed by atoms with Crippen molar-refractivity contribution in [3.05, 3.63) is 0 Å². The fraction of sp³-hybridized carbons (Fsp3) is 0.857. The number of alkyl halides is 1. The molecule has 0 N–H and O–H groups in total. The van der Waals surface area contributed by atoms with Crippen LogP contribution in [-0.4, -0.2) is 39.1 Å². The Morgan fingerprint density at radius 1 is 1.36 bits per heavy atom. The van der Waals surface area contributed by atoms with Gasteiger partial charge in [0.1, 0.15) is 6.17 Å². The van der Waals surface area contributed by atoms with E-state index in [2.05, 4.69) is 15.2 Å². The number of halogens is 1. The zero-order valence-electron chi connectivity index (χ0n) is 8.60. The number of azo groups is 1. The third-order valence-electron chi connectivity index (χ3n) is 1.51. The topological polar surface area (TPSA) is 71.2 Å². The molecule has 0 bridgehead atoms. The zero-order valence-corrected chi connectivity index (χ0v) is 9.42. The molecule has 0 amide bonds. The van der Waals surface area contributed by atoms with Crippen LogP contribution in [0.25, 0.3) is 0 Å². The van der Waals surface area contributed by atoms with E-state index < -0.39 is 22.1 Å². The molecule has 0 fully saturated rings. The summed E-state index contributed by atoms with van der Waals surface area (Å²) in [6.07, 6.45) is -0.200. The molecule has 0 aromatic rings. The molecule has 2 unspecified atom stereocenters. The highest BCUT2D eigenvalue weighted by Gasteiger charge is 2.13. The highest BCUT2D eigenvalue weighted by atomic mass is 32.2. The zero-order chi connectivity index (χ0) is 11.4. The van der Waals surface area contributed by atoms with Crippen molar-refractivity contribution in [2.24, 2.45) is 15.2 Å². The summed E-state index contributed by atoms with van der Waals surface area (Å²) < 4.78 is 34.5. The summed E-state index contributed by atoms with van der Waals surface area (Å²) in [6.45, 7) is 2.83. The molecule has 5 nitrogen and oxygen atoms in total. The molecule has 0 aromatic heterocycles. The van der Waals surface area contributed by atoms with E-state index in [1.54, 1.807) is 0 Å². The van der Waals surface area contributed by atoms with Crippen LogP contribution in [0.4, 0.5) is 4.39 Å². The van der Waals surface area contributed by atoms with Gasteiger partial charge in [-0.3, -0.25) is 4.99 Å². The van der Waals surface area contributed by atoms with Crippen molar-refractivity contribution in [1.82, 2.24) is 0 Å². The average Bonchev–Trinajstić information content (AvgIpc) is 2.02. The normalized spacial score (nSPS) is 18.5. The molecule has 82 valence electrons. The average molecular weight is 223 g/mol. The van der Waals surface area contributed by atoms with Crippen molar-refractivity contribution in [2.75, 3.05) is 13.3 Å². The molecular formula is C7H14FN3O2S. The summed E-state index contributed by atoms with van der Waals surface area (Å²) >= 11 is 0. The number of nitrogens with zero attached hydrogens (tertiary/aromatic N) is 3. The van der Waals surface area contributed by atoms with Crippen LogP contribution in [0.15, 0.2) is 15.2 Å². The molecule has 0 spiro atoms. The third kappa shape index (κ3) is 4.40. The van der Waals surface area contributed by atoms with E-state index in [9.17, 15) is 12.8 Å². The minimum Gasteiger partial charge on any atom is -0.258 e. The van der Waals surface area contributed by atoms with E-state index in [-0.39, 0.29) is 5.17 Å². The van der Waals surface area contributed by atoms with E-state index >= 15 is 0 Å². The Kier molecular flexibility index (Phi) is 4.82. The second-order valence-corrected chi connectivity index (χ2v) is 4.82. The lowest BCUT2D eigenvalue weighted by Crippen LogP contribution is -2.14. The van der Waals surface area contributed by atoms with E-state index in [4.69, 9.17) is 0 Å². The minimum atomic E-state index is -3.47. The number of amidine groups is 1. The number of aliphatic imine (C=N–C) groups is 1. The van der Waals surface area contributed by atoms with Crippen LogP contribution in [0.3, 0.4) is 0 Å². The van der Waals surface area contributed by atoms with Gasteiger partial charge >= 0.3 is 0 Å². The Labute approximate surface area is 83.1 Å². The fourth-order valence-electron chi connectivity index (χ4n) is 0.517. The minimum absolute atomic E-state index is 0.384. The molecule has 0 rings (SSSR count). The Morgan fingerprint density at radius 3 is 2.14 bits per heavy atom. The number of hydrogen-bond donors (Lipinski definition) is 0. The summed E-state index contributed by atoms with van der Waals surface area (Å²) in [7, 11) is -2.18. The quantitative estimate of drug-likeness (QED) is 0.401. The molecule has 7 heteroatoms. The van der Waals surface area contributed by atoms with Gasteiger partial charge in [-0.1, -0.05) is 0 Å². The highest BCUT2D eigenvalue weighted by molar-refractivity contribution is 8.05. The first-order valence-corrected chi connectivity index (χ1v) is 5.90. The standard InChI is InChI=1S/C7H14FN3O2S/c1-5(8)6(2)10-11-7(9-3)14(4,12)13/h5-6H,1-4H3. The smallest absolute Gasteiger partial charge is 0.258 e. The van der Waals surface area contributed by atoms with Crippen LogP contribution in [0.5, 0.6) is 0 Å². The van der Waals surface area contributed by atoms with Gasteiger partial charge in [0, 0.05) is 13.3 Å². The van der Waals surface area contributed by atoms with Gasteiger partial charge in [0.15, 0.2) is 0 Å². The second-order valence-electron chi connectivity index (χ2n) is 2.91. The van der Waals surface area contributed by atoms with Crippen LogP contribution in [0, 0.1) is 0 Å². The second kappa shape index (κ2) is 5.14. The first-order valence-electron chi connectivity index (χ1n) is 4.00. The van der Waals surface area contributed by atoms with Gasteiger partial charge in [-0.05, 0) is 13.8 Å². The van der Waals surface area contributed by atoms with Crippen LogP contribution in [-0.2, 0) is 9.84 Å². The first-order chi connectivity index (χ1) is 6.29. The van der Waals surface area contributed by atoms with Crippen LogP contribution < -0.4 is 0 Å². The fourth-order valence-corrected chi connectivity index (χ4v) is 1.04. The number of sulfone groups is 1. The lowest BCUT2D eigenvalue weighted by Gasteiger charge is -2.04. The van der Waals surface area contributed by atoms with Gasteiger partial charge < -0.3 is 0 Å². The van der Waals surface area contributed by atoms with E-state index in [1.165, 1.54) is 20.9 Å². The predicted molar refractivity (Wildman–Crippen MR) is 53.1 cm³/mol. The maximum Gasteiger partial charge on any atom is 0.261 e. The van der Waals surface area contributed by atoms with Crippen LogP contribution in [0.2, 0.25) is 0 Å². The van der Waals surface area contributed by atoms with Crippen LogP contribution in [0.1, 0.15) is 13.8 Å². The largest absolute Gasteiger partial charge is 0.261 e. The summed E-state index contributed by atoms with van der Waals surface area (Å²) in [5.41, 5.74) is 0. The Hall–Kier alpha value is -0.850. The molecule has 2 atom stereocenters. The summed E-state index contributed by atoms with van der Waals surface area (Å²) in [4.78, 5) is 3.44. The monoisotopic (exact) mass is 223 g/mol. The SMILES string of the molecule is CN=C(N=NC(C)C(C)F)S(C)(=O)=O. The Bertz CT molecular complexity index is 335. The lowest BCUT2D eigenvalue weighted by atomic mass is 10.2. The molecule has 0 aromatic carbocycles. The molecule has 14 heavy (non-hydrogen) atoms. The molecule has 0 heterocycles. The van der Waals surface area contributed by atoms with Gasteiger partial charge in [-0.15, -0.1) is 5.11 Å². The molecule has 0 aliphatic heterocycles. The molecule has 0 radical (unpaired) electrons. The molecule has 0 saturated heterocycles. The van der Waals surface area contributed by atoms with E-state index in [1.807, 2.05) is 0 Å². The number of rotatable bonds is 2. The molecular weight excluding hydrogens is 209 g/mol. The Morgan fingerprint density at radius 2 is 1.86 bits per heavy atom. The highest BCUT2D eigenvalue weighted by Crippen LogP contribution is 2.03. The molecule has 0 aliphatic carbocycles. The lowest BCUT2D eigenvalue weighted by molar-refractivity contribution is 0.314. The van der Waals surface area contributed by atoms with Gasteiger partial charge in [-0.25, -0.2) is 12.8 Å². The summed E-state index contributed by atoms with van der Waals surface area (Å²) in [5.74, 6) is 0.